The van der Waals surface area contributed by atoms with E-state index in [1.807, 2.05) is 6.92 Å². The van der Waals surface area contributed by atoms with Crippen LogP contribution in [-0.2, 0) is 14.3 Å². The highest BCUT2D eigenvalue weighted by Crippen LogP contribution is 2.62. The Morgan fingerprint density at radius 1 is 1.56 bits per heavy atom. The molecule has 0 amide bonds. The van der Waals surface area contributed by atoms with Crippen molar-refractivity contribution in [3.63, 3.8) is 0 Å². The smallest absolute Gasteiger partial charge is 0.315 e. The van der Waals surface area contributed by atoms with Gasteiger partial charge in [-0.25, -0.2) is 0 Å². The number of hydrogen-bond acceptors (Lipinski definition) is 5. The fourth-order valence-corrected chi connectivity index (χ4v) is 4.64. The molecule has 0 aromatic carbocycles. The molecule has 0 radical (unpaired) electrons. The zero-order valence-electron chi connectivity index (χ0n) is 10.8. The van der Waals surface area contributed by atoms with Crippen molar-refractivity contribution in [3.05, 3.63) is 0 Å². The first-order valence-corrected chi connectivity index (χ1v) is 6.52. The standard InChI is InChI=1S/C13H20O5/c1-12-4-7-3-9(18-12)8(5-14)13(6-12,10(7)15)11(16)17-2/h7-10,14-15H,3-6H2,1-2H3/t7-,8+,9-,10-,12+,13+/m0/s1. The van der Waals surface area contributed by atoms with Gasteiger partial charge < -0.3 is 19.7 Å². The predicted molar refractivity (Wildman–Crippen MR) is 61.7 cm³/mol. The number of rotatable bonds is 2. The van der Waals surface area contributed by atoms with Gasteiger partial charge in [-0.05, 0) is 32.1 Å². The lowest BCUT2D eigenvalue weighted by atomic mass is 9.48. The second kappa shape index (κ2) is 3.68. The number of aliphatic hydroxyl groups excluding tert-OH is 2. The van der Waals surface area contributed by atoms with Crippen LogP contribution in [0.5, 0.6) is 0 Å². The minimum atomic E-state index is -0.984. The molecule has 0 aromatic rings. The molecule has 4 bridgehead atoms. The summed E-state index contributed by atoms with van der Waals surface area (Å²) in [5.74, 6) is -0.688. The predicted octanol–water partition coefficient (Wildman–Crippen LogP) is 0.0864. The highest BCUT2D eigenvalue weighted by atomic mass is 16.5. The Balaban J connectivity index is 2.08. The van der Waals surface area contributed by atoms with E-state index in [2.05, 4.69) is 0 Å². The zero-order valence-corrected chi connectivity index (χ0v) is 10.8. The number of esters is 1. The molecule has 2 aliphatic heterocycles. The molecule has 0 aromatic heterocycles. The molecule has 5 heteroatoms. The van der Waals surface area contributed by atoms with E-state index in [1.165, 1.54) is 7.11 Å². The second-order valence-corrected chi connectivity index (χ2v) is 6.25. The van der Waals surface area contributed by atoms with Gasteiger partial charge in [0.25, 0.3) is 0 Å². The Labute approximate surface area is 106 Å². The Hall–Kier alpha value is -0.650. The first-order valence-electron chi connectivity index (χ1n) is 6.52. The maximum absolute atomic E-state index is 12.2. The van der Waals surface area contributed by atoms with Crippen molar-refractivity contribution in [3.8, 4) is 0 Å². The summed E-state index contributed by atoms with van der Waals surface area (Å²) in [6, 6.07) is 0. The van der Waals surface area contributed by atoms with Crippen LogP contribution in [0.2, 0.25) is 0 Å². The maximum Gasteiger partial charge on any atom is 0.315 e. The molecule has 4 rings (SSSR count). The lowest BCUT2D eigenvalue weighted by Crippen LogP contribution is -2.72. The minimum absolute atomic E-state index is 0.0735. The molecule has 2 N–H and O–H groups in total. The normalized spacial score (nSPS) is 53.6. The number of aliphatic hydroxyl groups is 2. The van der Waals surface area contributed by atoms with Gasteiger partial charge in [0, 0.05) is 12.5 Å². The molecule has 4 aliphatic rings. The molecule has 0 unspecified atom stereocenters. The monoisotopic (exact) mass is 256 g/mol. The van der Waals surface area contributed by atoms with Crippen molar-refractivity contribution >= 4 is 5.97 Å². The number of carbonyl (C=O) groups is 1. The molecular weight excluding hydrogens is 236 g/mol. The van der Waals surface area contributed by atoms with E-state index in [0.29, 0.717) is 6.42 Å². The van der Waals surface area contributed by atoms with E-state index in [4.69, 9.17) is 9.47 Å². The number of ether oxygens (including phenoxy) is 2. The summed E-state index contributed by atoms with van der Waals surface area (Å²) in [6.45, 7) is 1.84. The Morgan fingerprint density at radius 2 is 2.28 bits per heavy atom. The SMILES string of the molecule is COC(=O)[C@]12C[C@@]3(C)C[C@H](C[C@H](O3)[C@H]1CO)[C@@H]2O. The molecular formula is C13H20O5. The van der Waals surface area contributed by atoms with Crippen LogP contribution in [0, 0.1) is 17.3 Å². The maximum atomic E-state index is 12.2. The third-order valence-electron chi connectivity index (χ3n) is 5.18. The van der Waals surface area contributed by atoms with E-state index in [1.54, 1.807) is 0 Å². The molecule has 0 spiro atoms. The molecule has 102 valence electrons. The largest absolute Gasteiger partial charge is 0.469 e. The number of methoxy groups -OCH3 is 1. The Bertz CT molecular complexity index is 384. The van der Waals surface area contributed by atoms with Gasteiger partial charge in [-0.3, -0.25) is 4.79 Å². The van der Waals surface area contributed by atoms with Crippen molar-refractivity contribution in [2.24, 2.45) is 17.3 Å². The van der Waals surface area contributed by atoms with Crippen molar-refractivity contribution in [1.82, 2.24) is 0 Å². The summed E-state index contributed by atoms with van der Waals surface area (Å²) in [6.07, 6.45) is 1.07. The van der Waals surface area contributed by atoms with E-state index >= 15 is 0 Å². The molecule has 4 fully saturated rings. The van der Waals surface area contributed by atoms with Gasteiger partial charge in [0.05, 0.1) is 24.9 Å². The first kappa shape index (κ1) is 12.4. The molecule has 5 nitrogen and oxygen atoms in total. The van der Waals surface area contributed by atoms with Crippen LogP contribution in [0.25, 0.3) is 0 Å². The van der Waals surface area contributed by atoms with Crippen LogP contribution in [0.15, 0.2) is 0 Å². The molecule has 2 saturated carbocycles. The fraction of sp³-hybridized carbons (Fsp3) is 0.923. The van der Waals surface area contributed by atoms with Crippen molar-refractivity contribution < 1.29 is 24.5 Å². The second-order valence-electron chi connectivity index (χ2n) is 6.25. The lowest BCUT2D eigenvalue weighted by Gasteiger charge is -2.64. The van der Waals surface area contributed by atoms with Crippen LogP contribution >= 0.6 is 0 Å². The quantitative estimate of drug-likeness (QED) is 0.685. The van der Waals surface area contributed by atoms with Crippen LogP contribution < -0.4 is 0 Å². The number of carbonyl (C=O) groups excluding carboxylic acids is 1. The van der Waals surface area contributed by atoms with E-state index in [9.17, 15) is 15.0 Å². The van der Waals surface area contributed by atoms with Crippen molar-refractivity contribution in [2.45, 2.75) is 44.0 Å². The lowest BCUT2D eigenvalue weighted by molar-refractivity contribution is -0.308. The summed E-state index contributed by atoms with van der Waals surface area (Å²) >= 11 is 0. The molecule has 6 atom stereocenters. The van der Waals surface area contributed by atoms with Gasteiger partial charge in [-0.15, -0.1) is 0 Å². The molecule has 2 heterocycles. The van der Waals surface area contributed by atoms with E-state index in [0.717, 1.165) is 12.8 Å². The minimum Gasteiger partial charge on any atom is -0.469 e. The summed E-state index contributed by atoms with van der Waals surface area (Å²) in [5, 5.41) is 20.1. The zero-order chi connectivity index (χ0) is 13.1. The number of hydrogen-bond donors (Lipinski definition) is 2. The Morgan fingerprint density at radius 3 is 2.89 bits per heavy atom. The topological polar surface area (TPSA) is 76.0 Å². The highest BCUT2D eigenvalue weighted by Gasteiger charge is 2.70. The van der Waals surface area contributed by atoms with Gasteiger partial charge in [0.1, 0.15) is 5.41 Å². The van der Waals surface area contributed by atoms with E-state index < -0.39 is 17.5 Å². The third kappa shape index (κ3) is 1.30. The van der Waals surface area contributed by atoms with Crippen LogP contribution in [0.3, 0.4) is 0 Å². The van der Waals surface area contributed by atoms with Crippen LogP contribution in [0.1, 0.15) is 26.2 Å². The molecule has 2 aliphatic carbocycles. The summed E-state index contributed by atoms with van der Waals surface area (Å²) in [7, 11) is 1.34. The molecule has 18 heavy (non-hydrogen) atoms. The highest BCUT2D eigenvalue weighted by molar-refractivity contribution is 5.79. The summed E-state index contributed by atoms with van der Waals surface area (Å²) < 4.78 is 10.9. The average molecular weight is 256 g/mol. The summed E-state index contributed by atoms with van der Waals surface area (Å²) in [5.41, 5.74) is -1.35. The van der Waals surface area contributed by atoms with Crippen LogP contribution in [0.4, 0.5) is 0 Å². The van der Waals surface area contributed by atoms with E-state index in [-0.39, 0.29) is 30.1 Å². The summed E-state index contributed by atoms with van der Waals surface area (Å²) in [4.78, 5) is 12.2. The van der Waals surface area contributed by atoms with Gasteiger partial charge in [-0.2, -0.15) is 0 Å². The Kier molecular flexibility index (Phi) is 2.53. The van der Waals surface area contributed by atoms with Gasteiger partial charge >= 0.3 is 5.97 Å². The molecule has 2 saturated heterocycles. The van der Waals surface area contributed by atoms with Crippen LogP contribution in [-0.4, -0.2) is 47.7 Å². The first-order chi connectivity index (χ1) is 8.47. The van der Waals surface area contributed by atoms with Crippen molar-refractivity contribution in [2.75, 3.05) is 13.7 Å². The third-order valence-corrected chi connectivity index (χ3v) is 5.18. The fourth-order valence-electron chi connectivity index (χ4n) is 4.64. The van der Waals surface area contributed by atoms with Gasteiger partial charge in [-0.1, -0.05) is 0 Å². The average Bonchev–Trinajstić information content (AvgIpc) is 2.33. The van der Waals surface area contributed by atoms with Gasteiger partial charge in [0.2, 0.25) is 0 Å². The van der Waals surface area contributed by atoms with Crippen molar-refractivity contribution in [1.29, 1.82) is 0 Å². The van der Waals surface area contributed by atoms with Gasteiger partial charge in [0.15, 0.2) is 0 Å².